The first kappa shape index (κ1) is 16.5. The minimum absolute atomic E-state index is 0.0552. The van der Waals surface area contributed by atoms with Crippen LogP contribution in [-0.4, -0.2) is 29.1 Å². The van der Waals surface area contributed by atoms with Gasteiger partial charge in [0.15, 0.2) is 0 Å². The highest BCUT2D eigenvalue weighted by Crippen LogP contribution is 2.25. The van der Waals surface area contributed by atoms with Gasteiger partial charge in [0.2, 0.25) is 5.91 Å². The van der Waals surface area contributed by atoms with Gasteiger partial charge in [-0.25, -0.2) is 0 Å². The average molecular weight is 268 g/mol. The zero-order valence-electron chi connectivity index (χ0n) is 13.4. The predicted octanol–water partition coefficient (Wildman–Crippen LogP) is 3.54. The topological polar surface area (TPSA) is 32.3 Å². The van der Waals surface area contributed by atoms with E-state index in [9.17, 15) is 4.79 Å². The van der Waals surface area contributed by atoms with E-state index < -0.39 is 0 Å². The van der Waals surface area contributed by atoms with Crippen molar-refractivity contribution in [2.24, 2.45) is 5.92 Å². The molecule has 0 aromatic carbocycles. The molecule has 1 rings (SSSR count). The first-order chi connectivity index (χ1) is 9.04. The van der Waals surface area contributed by atoms with Gasteiger partial charge in [0, 0.05) is 6.04 Å². The van der Waals surface area contributed by atoms with Gasteiger partial charge < -0.3 is 4.90 Å². The van der Waals surface area contributed by atoms with Crippen LogP contribution in [0.15, 0.2) is 0 Å². The fraction of sp³-hybridized carbons (Fsp3) is 0.938. The molecule has 0 aromatic heterocycles. The number of carbonyl (C=O) groups is 1. The van der Waals surface area contributed by atoms with Gasteiger partial charge in [0.25, 0.3) is 0 Å². The molecule has 0 spiro atoms. The van der Waals surface area contributed by atoms with Crippen molar-refractivity contribution in [3.63, 3.8) is 0 Å². The summed E-state index contributed by atoms with van der Waals surface area (Å²) in [5, 5.41) is 3.57. The monoisotopic (exact) mass is 268 g/mol. The number of hydrogen-bond donors (Lipinski definition) is 1. The molecule has 0 radical (unpaired) electrons. The molecule has 3 unspecified atom stereocenters. The molecule has 1 aliphatic heterocycles. The van der Waals surface area contributed by atoms with Crippen LogP contribution in [0.3, 0.4) is 0 Å². The number of nitrogens with zero attached hydrogens (tertiary/aromatic N) is 1. The minimum Gasteiger partial charge on any atom is -0.323 e. The second kappa shape index (κ2) is 7.88. The molecular formula is C16H32N2O. The molecule has 1 fully saturated rings. The number of amides is 1. The lowest BCUT2D eigenvalue weighted by molar-refractivity contribution is -0.132. The Morgan fingerprint density at radius 2 is 1.89 bits per heavy atom. The van der Waals surface area contributed by atoms with Gasteiger partial charge in [-0.05, 0) is 31.6 Å². The maximum Gasteiger partial charge on any atom is 0.241 e. The smallest absolute Gasteiger partial charge is 0.241 e. The van der Waals surface area contributed by atoms with Crippen molar-refractivity contribution in [3.05, 3.63) is 0 Å². The van der Waals surface area contributed by atoms with Crippen LogP contribution in [-0.2, 0) is 4.79 Å². The van der Waals surface area contributed by atoms with E-state index in [0.29, 0.717) is 17.9 Å². The fourth-order valence-corrected chi connectivity index (χ4v) is 3.15. The first-order valence-electron chi connectivity index (χ1n) is 8.13. The molecule has 0 aromatic rings. The Hall–Kier alpha value is -0.570. The van der Waals surface area contributed by atoms with Crippen molar-refractivity contribution in [2.75, 3.05) is 0 Å². The lowest BCUT2D eigenvalue weighted by Crippen LogP contribution is -2.45. The molecule has 1 amide bonds. The standard InChI is InChI=1S/C16H32N2O/c1-6-9-13(8-3)18-15(11-12(4)5)17-14(10-7-2)16(18)19/h12-15,17H,6-11H2,1-5H3. The summed E-state index contributed by atoms with van der Waals surface area (Å²) in [5.74, 6) is 0.958. The lowest BCUT2D eigenvalue weighted by Gasteiger charge is -2.33. The molecule has 0 aliphatic carbocycles. The van der Waals surface area contributed by atoms with Crippen LogP contribution in [0.4, 0.5) is 0 Å². The molecule has 3 atom stereocenters. The van der Waals surface area contributed by atoms with E-state index in [2.05, 4.69) is 44.8 Å². The Labute approximate surface area is 119 Å². The minimum atomic E-state index is 0.0552. The molecule has 1 saturated heterocycles. The zero-order chi connectivity index (χ0) is 14.4. The molecule has 19 heavy (non-hydrogen) atoms. The summed E-state index contributed by atoms with van der Waals surface area (Å²) in [6.07, 6.45) is 6.68. The lowest BCUT2D eigenvalue weighted by atomic mass is 10.0. The van der Waals surface area contributed by atoms with Crippen molar-refractivity contribution in [1.29, 1.82) is 0 Å². The highest BCUT2D eigenvalue weighted by Gasteiger charge is 2.41. The van der Waals surface area contributed by atoms with E-state index in [1.807, 2.05) is 0 Å². The van der Waals surface area contributed by atoms with E-state index >= 15 is 0 Å². The Morgan fingerprint density at radius 3 is 2.37 bits per heavy atom. The molecule has 112 valence electrons. The highest BCUT2D eigenvalue weighted by atomic mass is 16.2. The van der Waals surface area contributed by atoms with Crippen LogP contribution in [0.25, 0.3) is 0 Å². The Kier molecular flexibility index (Phi) is 6.84. The molecule has 3 nitrogen and oxygen atoms in total. The van der Waals surface area contributed by atoms with Crippen molar-refractivity contribution >= 4 is 5.91 Å². The van der Waals surface area contributed by atoms with Crippen LogP contribution < -0.4 is 5.32 Å². The SMILES string of the molecule is CCCC1NC(CC(C)C)N(C(CC)CCC)C1=O. The summed E-state index contributed by atoms with van der Waals surface area (Å²) in [4.78, 5) is 14.8. The third-order valence-corrected chi connectivity index (χ3v) is 4.04. The average Bonchev–Trinajstić information content (AvgIpc) is 2.63. The summed E-state index contributed by atoms with van der Waals surface area (Å²) in [6.45, 7) is 11.0. The Morgan fingerprint density at radius 1 is 1.21 bits per heavy atom. The number of nitrogens with one attached hydrogen (secondary N) is 1. The fourth-order valence-electron chi connectivity index (χ4n) is 3.15. The van der Waals surface area contributed by atoms with Gasteiger partial charge >= 0.3 is 0 Å². The molecule has 1 heterocycles. The summed E-state index contributed by atoms with van der Waals surface area (Å²) in [6, 6.07) is 0.468. The van der Waals surface area contributed by atoms with Crippen molar-refractivity contribution in [1.82, 2.24) is 10.2 Å². The first-order valence-corrected chi connectivity index (χ1v) is 8.13. The van der Waals surface area contributed by atoms with Gasteiger partial charge in [0.05, 0.1) is 12.2 Å². The van der Waals surface area contributed by atoms with Crippen LogP contribution in [0.2, 0.25) is 0 Å². The van der Waals surface area contributed by atoms with Crippen LogP contribution in [0, 0.1) is 5.92 Å². The summed E-state index contributed by atoms with van der Waals surface area (Å²) in [5.41, 5.74) is 0. The third-order valence-electron chi connectivity index (χ3n) is 4.04. The van der Waals surface area contributed by atoms with E-state index in [-0.39, 0.29) is 12.2 Å². The summed E-state index contributed by atoms with van der Waals surface area (Å²) >= 11 is 0. The number of hydrogen-bond acceptors (Lipinski definition) is 2. The van der Waals surface area contributed by atoms with Gasteiger partial charge in [-0.2, -0.15) is 0 Å². The molecule has 3 heteroatoms. The molecule has 1 aliphatic rings. The van der Waals surface area contributed by atoms with E-state index in [4.69, 9.17) is 0 Å². The van der Waals surface area contributed by atoms with Gasteiger partial charge in [-0.15, -0.1) is 0 Å². The second-order valence-electron chi connectivity index (χ2n) is 6.25. The molecular weight excluding hydrogens is 236 g/mol. The predicted molar refractivity (Wildman–Crippen MR) is 80.9 cm³/mol. The number of rotatable bonds is 8. The molecule has 0 saturated carbocycles. The normalized spacial score (nSPS) is 25.4. The highest BCUT2D eigenvalue weighted by molar-refractivity contribution is 5.84. The van der Waals surface area contributed by atoms with Crippen LogP contribution in [0.5, 0.6) is 0 Å². The third kappa shape index (κ3) is 4.20. The van der Waals surface area contributed by atoms with E-state index in [1.165, 1.54) is 0 Å². The quantitative estimate of drug-likeness (QED) is 0.730. The Bertz CT molecular complexity index is 278. The van der Waals surface area contributed by atoms with Crippen molar-refractivity contribution in [3.8, 4) is 0 Å². The van der Waals surface area contributed by atoms with E-state index in [1.54, 1.807) is 0 Å². The maximum atomic E-state index is 12.6. The van der Waals surface area contributed by atoms with Crippen molar-refractivity contribution in [2.45, 2.75) is 91.4 Å². The number of carbonyl (C=O) groups excluding carboxylic acids is 1. The van der Waals surface area contributed by atoms with Crippen LogP contribution in [0.1, 0.15) is 73.1 Å². The zero-order valence-corrected chi connectivity index (χ0v) is 13.4. The van der Waals surface area contributed by atoms with Gasteiger partial charge in [-0.1, -0.05) is 47.5 Å². The molecule has 1 N–H and O–H groups in total. The van der Waals surface area contributed by atoms with Gasteiger partial charge in [0.1, 0.15) is 0 Å². The summed E-state index contributed by atoms with van der Waals surface area (Å²) < 4.78 is 0. The summed E-state index contributed by atoms with van der Waals surface area (Å²) in [7, 11) is 0. The largest absolute Gasteiger partial charge is 0.323 e. The maximum absolute atomic E-state index is 12.6. The van der Waals surface area contributed by atoms with E-state index in [0.717, 1.165) is 38.5 Å². The Balaban J connectivity index is 2.83. The van der Waals surface area contributed by atoms with Gasteiger partial charge in [-0.3, -0.25) is 10.1 Å². The van der Waals surface area contributed by atoms with Crippen molar-refractivity contribution < 1.29 is 4.79 Å². The van der Waals surface area contributed by atoms with Crippen LogP contribution >= 0.6 is 0 Å². The molecule has 0 bridgehead atoms. The second-order valence-corrected chi connectivity index (χ2v) is 6.25.